The number of hydrogen-bond acceptors (Lipinski definition) is 5. The molecule has 0 saturated heterocycles. The number of hydrogen-bond donors (Lipinski definition) is 3. The van der Waals surface area contributed by atoms with E-state index in [4.69, 9.17) is 5.73 Å². The molecule has 0 saturated carbocycles. The minimum atomic E-state index is -0.423. The van der Waals surface area contributed by atoms with Crippen molar-refractivity contribution in [3.05, 3.63) is 23.7 Å². The van der Waals surface area contributed by atoms with E-state index in [0.29, 0.717) is 12.1 Å². The van der Waals surface area contributed by atoms with E-state index in [0.717, 1.165) is 5.82 Å². The van der Waals surface area contributed by atoms with Gasteiger partial charge in [0.25, 0.3) is 5.91 Å². The van der Waals surface area contributed by atoms with E-state index in [2.05, 4.69) is 15.7 Å². The molecule has 2 aliphatic heterocycles. The minimum Gasteiger partial charge on any atom is -0.350 e. The fourth-order valence-corrected chi connectivity index (χ4v) is 1.67. The van der Waals surface area contributed by atoms with Gasteiger partial charge in [0.15, 0.2) is 0 Å². The molecule has 4 N–H and O–H groups in total. The quantitative estimate of drug-likeness (QED) is 0.650. The number of carbonyl (C=O) groups is 1. The van der Waals surface area contributed by atoms with E-state index in [1.807, 2.05) is 26.8 Å². The molecule has 6 heteroatoms. The third-order valence-corrected chi connectivity index (χ3v) is 2.56. The average molecular weight is 249 g/mol. The van der Waals surface area contributed by atoms with Gasteiger partial charge in [-0.1, -0.05) is 0 Å². The van der Waals surface area contributed by atoms with Crippen LogP contribution in [0.15, 0.2) is 28.7 Å². The second-order valence-corrected chi connectivity index (χ2v) is 5.33. The first-order valence-electron chi connectivity index (χ1n) is 5.95. The van der Waals surface area contributed by atoms with Crippen molar-refractivity contribution in [2.45, 2.75) is 32.4 Å². The van der Waals surface area contributed by atoms with Gasteiger partial charge in [-0.15, -0.1) is 0 Å². The van der Waals surface area contributed by atoms with Gasteiger partial charge in [-0.2, -0.15) is 0 Å². The smallest absolute Gasteiger partial charge is 0.254 e. The summed E-state index contributed by atoms with van der Waals surface area (Å²) < 4.78 is 0. The fraction of sp³-hybridized carbons (Fsp3) is 0.500. The first-order chi connectivity index (χ1) is 8.35. The lowest BCUT2D eigenvalue weighted by molar-refractivity contribution is -0.117. The summed E-state index contributed by atoms with van der Waals surface area (Å²) in [5.74, 6) is 0.649. The Bertz CT molecular complexity index is 444. The van der Waals surface area contributed by atoms with Gasteiger partial charge in [0.05, 0.1) is 5.57 Å². The van der Waals surface area contributed by atoms with Crippen molar-refractivity contribution in [3.8, 4) is 0 Å². The molecule has 6 nitrogen and oxygen atoms in total. The van der Waals surface area contributed by atoms with Gasteiger partial charge < -0.3 is 11.1 Å². The Labute approximate surface area is 107 Å². The Morgan fingerprint density at radius 3 is 3.06 bits per heavy atom. The number of nitrogens with two attached hydrogens (primary N) is 1. The van der Waals surface area contributed by atoms with E-state index in [1.165, 1.54) is 0 Å². The highest BCUT2D eigenvalue weighted by molar-refractivity contribution is 6.12. The van der Waals surface area contributed by atoms with Crippen LogP contribution < -0.4 is 16.5 Å². The van der Waals surface area contributed by atoms with Crippen LogP contribution in [-0.4, -0.2) is 35.3 Å². The highest BCUT2D eigenvalue weighted by atomic mass is 16.1. The van der Waals surface area contributed by atoms with Crippen LogP contribution in [0.1, 0.15) is 20.8 Å². The van der Waals surface area contributed by atoms with E-state index >= 15 is 0 Å². The Balaban J connectivity index is 1.99. The third-order valence-electron chi connectivity index (χ3n) is 2.56. The van der Waals surface area contributed by atoms with Crippen LogP contribution in [-0.2, 0) is 4.79 Å². The Hall–Kier alpha value is -1.66. The van der Waals surface area contributed by atoms with Crippen LogP contribution in [0.25, 0.3) is 0 Å². The van der Waals surface area contributed by atoms with Crippen LogP contribution in [0.4, 0.5) is 0 Å². The monoisotopic (exact) mass is 249 g/mol. The molecule has 98 valence electrons. The molecule has 18 heavy (non-hydrogen) atoms. The summed E-state index contributed by atoms with van der Waals surface area (Å²) in [4.78, 5) is 16.1. The number of fused-ring (bicyclic) bond motifs is 1. The van der Waals surface area contributed by atoms with Crippen molar-refractivity contribution in [1.29, 1.82) is 0 Å². The molecule has 1 amide bonds. The summed E-state index contributed by atoms with van der Waals surface area (Å²) in [6.45, 7) is 6.16. The van der Waals surface area contributed by atoms with Gasteiger partial charge in [0.2, 0.25) is 0 Å². The van der Waals surface area contributed by atoms with Gasteiger partial charge in [0, 0.05) is 30.5 Å². The molecule has 0 spiro atoms. The normalized spacial score (nSPS) is 22.4. The summed E-state index contributed by atoms with van der Waals surface area (Å²) in [5, 5.41) is 4.54. The SMILES string of the molecule is CC1C=C2N=CC(C(=O)NCC(C)(C)N)=CN2N1. The van der Waals surface area contributed by atoms with E-state index in [9.17, 15) is 4.79 Å². The van der Waals surface area contributed by atoms with Crippen molar-refractivity contribution in [3.63, 3.8) is 0 Å². The number of carbonyl (C=O) groups excluding carboxylic acids is 1. The zero-order valence-corrected chi connectivity index (χ0v) is 10.9. The lowest BCUT2D eigenvalue weighted by Gasteiger charge is -2.22. The maximum absolute atomic E-state index is 11.9. The van der Waals surface area contributed by atoms with Gasteiger partial charge in [0.1, 0.15) is 5.82 Å². The number of nitrogens with one attached hydrogen (secondary N) is 2. The molecule has 0 aliphatic carbocycles. The van der Waals surface area contributed by atoms with Crippen LogP contribution in [0, 0.1) is 0 Å². The largest absolute Gasteiger partial charge is 0.350 e. The van der Waals surface area contributed by atoms with Gasteiger partial charge in [-0.3, -0.25) is 9.80 Å². The topological polar surface area (TPSA) is 82.8 Å². The Kier molecular flexibility index (Phi) is 3.23. The van der Waals surface area contributed by atoms with Crippen molar-refractivity contribution < 1.29 is 4.79 Å². The summed E-state index contributed by atoms with van der Waals surface area (Å²) >= 11 is 0. The minimum absolute atomic E-state index is 0.169. The number of rotatable bonds is 3. The molecule has 0 aromatic carbocycles. The molecule has 1 unspecified atom stereocenters. The van der Waals surface area contributed by atoms with Gasteiger partial charge in [-0.25, -0.2) is 10.4 Å². The number of amides is 1. The van der Waals surface area contributed by atoms with Crippen LogP contribution in [0.3, 0.4) is 0 Å². The third kappa shape index (κ3) is 2.96. The second-order valence-electron chi connectivity index (χ2n) is 5.33. The molecular weight excluding hydrogens is 230 g/mol. The number of hydrazine groups is 1. The number of nitrogens with zero attached hydrogens (tertiary/aromatic N) is 2. The van der Waals surface area contributed by atoms with Crippen molar-refractivity contribution >= 4 is 12.1 Å². The standard InChI is InChI=1S/C12H19N5O/c1-8-4-10-14-5-9(6-17(10)16-8)11(18)15-7-12(2,3)13/h4-6,8,16H,7,13H2,1-3H3,(H,15,18). The maximum atomic E-state index is 11.9. The molecule has 2 aliphatic rings. The van der Waals surface area contributed by atoms with Crippen molar-refractivity contribution in [2.24, 2.45) is 10.7 Å². The van der Waals surface area contributed by atoms with E-state index in [-0.39, 0.29) is 11.9 Å². The molecule has 0 aromatic heterocycles. The van der Waals surface area contributed by atoms with Crippen molar-refractivity contribution in [1.82, 2.24) is 15.8 Å². The van der Waals surface area contributed by atoms with Crippen LogP contribution in [0.5, 0.6) is 0 Å². The molecule has 2 heterocycles. The summed E-state index contributed by atoms with van der Waals surface area (Å²) in [7, 11) is 0. The van der Waals surface area contributed by atoms with Gasteiger partial charge >= 0.3 is 0 Å². The highest BCUT2D eigenvalue weighted by Crippen LogP contribution is 2.18. The van der Waals surface area contributed by atoms with Gasteiger partial charge in [-0.05, 0) is 26.8 Å². The van der Waals surface area contributed by atoms with Crippen LogP contribution in [0.2, 0.25) is 0 Å². The average Bonchev–Trinajstić information content (AvgIpc) is 2.63. The molecular formula is C12H19N5O. The van der Waals surface area contributed by atoms with Crippen LogP contribution >= 0.6 is 0 Å². The summed E-state index contributed by atoms with van der Waals surface area (Å²) in [6, 6.07) is 0.221. The second kappa shape index (κ2) is 4.55. The lowest BCUT2D eigenvalue weighted by atomic mass is 10.1. The summed E-state index contributed by atoms with van der Waals surface area (Å²) in [6.07, 6.45) is 5.30. The molecule has 1 atom stereocenters. The molecule has 0 aromatic rings. The maximum Gasteiger partial charge on any atom is 0.254 e. The fourth-order valence-electron chi connectivity index (χ4n) is 1.67. The Morgan fingerprint density at radius 2 is 2.39 bits per heavy atom. The molecule has 0 radical (unpaired) electrons. The zero-order chi connectivity index (χ0) is 13.3. The first-order valence-corrected chi connectivity index (χ1v) is 5.95. The first kappa shape index (κ1) is 12.8. The number of aliphatic imine (C=N–C) groups is 1. The van der Waals surface area contributed by atoms with E-state index in [1.54, 1.807) is 17.4 Å². The predicted molar refractivity (Wildman–Crippen MR) is 70.4 cm³/mol. The molecule has 2 rings (SSSR count). The predicted octanol–water partition coefficient (Wildman–Crippen LogP) is -0.142. The molecule has 0 bridgehead atoms. The lowest BCUT2D eigenvalue weighted by Crippen LogP contribution is -2.46. The molecule has 0 fully saturated rings. The zero-order valence-electron chi connectivity index (χ0n) is 10.9. The van der Waals surface area contributed by atoms with E-state index < -0.39 is 5.54 Å². The highest BCUT2D eigenvalue weighted by Gasteiger charge is 2.23. The summed E-state index contributed by atoms with van der Waals surface area (Å²) in [5.41, 5.74) is 9.07. The Morgan fingerprint density at radius 1 is 1.67 bits per heavy atom. The van der Waals surface area contributed by atoms with Crippen molar-refractivity contribution in [2.75, 3.05) is 6.54 Å².